The molecule has 1 atom stereocenters. The van der Waals surface area contributed by atoms with Crippen LogP contribution in [0.2, 0.25) is 0 Å². The number of anilines is 1. The lowest BCUT2D eigenvalue weighted by Crippen LogP contribution is -2.31. The maximum Gasteiger partial charge on any atom is 0.416 e. The van der Waals surface area contributed by atoms with Crippen LogP contribution < -0.4 is 11.1 Å². The smallest absolute Gasteiger partial charge is 0.416 e. The van der Waals surface area contributed by atoms with Gasteiger partial charge in [0.1, 0.15) is 5.52 Å². The third kappa shape index (κ3) is 4.45. The number of carbonyl (C=O) groups excluding carboxylic acids is 1. The molecule has 0 bridgehead atoms. The quantitative estimate of drug-likeness (QED) is 0.490. The predicted octanol–water partition coefficient (Wildman–Crippen LogP) is 3.29. The minimum absolute atomic E-state index is 0.0371. The van der Waals surface area contributed by atoms with Crippen molar-refractivity contribution < 1.29 is 27.9 Å². The number of primary amides is 1. The van der Waals surface area contributed by atoms with Crippen molar-refractivity contribution in [2.24, 2.45) is 11.7 Å². The van der Waals surface area contributed by atoms with Crippen molar-refractivity contribution in [1.29, 1.82) is 0 Å². The number of aromatic carboxylic acids is 1. The number of halogens is 3. The lowest BCUT2D eigenvalue weighted by Gasteiger charge is -2.32. The Kier molecular flexibility index (Phi) is 5.68. The summed E-state index contributed by atoms with van der Waals surface area (Å²) in [5.41, 5.74) is 5.33. The van der Waals surface area contributed by atoms with Gasteiger partial charge in [-0.05, 0) is 43.4 Å². The second kappa shape index (κ2) is 8.34. The van der Waals surface area contributed by atoms with Crippen LogP contribution in [-0.4, -0.2) is 42.5 Å². The summed E-state index contributed by atoms with van der Waals surface area (Å²) in [6.07, 6.45) is -1.33. The lowest BCUT2D eigenvalue weighted by molar-refractivity contribution is -0.137. The molecule has 174 valence electrons. The highest BCUT2D eigenvalue weighted by atomic mass is 19.4. The third-order valence-electron chi connectivity index (χ3n) is 5.86. The summed E-state index contributed by atoms with van der Waals surface area (Å²) in [6, 6.07) is 4.42. The summed E-state index contributed by atoms with van der Waals surface area (Å²) in [7, 11) is 0. The van der Waals surface area contributed by atoms with Crippen LogP contribution in [0.3, 0.4) is 0 Å². The van der Waals surface area contributed by atoms with Crippen LogP contribution in [0.15, 0.2) is 24.3 Å². The van der Waals surface area contributed by atoms with Crippen LogP contribution in [0.5, 0.6) is 0 Å². The van der Waals surface area contributed by atoms with Crippen LogP contribution >= 0.6 is 0 Å². The van der Waals surface area contributed by atoms with Crippen LogP contribution in [0.4, 0.5) is 19.0 Å². The monoisotopic (exact) mass is 462 g/mol. The van der Waals surface area contributed by atoms with Gasteiger partial charge in [0.15, 0.2) is 11.5 Å². The fourth-order valence-corrected chi connectivity index (χ4v) is 3.83. The van der Waals surface area contributed by atoms with Gasteiger partial charge in [0.05, 0.1) is 12.1 Å². The normalized spacial score (nSPS) is 15.3. The Morgan fingerprint density at radius 3 is 2.39 bits per heavy atom. The Morgan fingerprint density at radius 2 is 1.88 bits per heavy atom. The Bertz CT molecular complexity index is 1220. The molecule has 1 fully saturated rings. The SMILES string of the molecule is C[C@@H](Nc1nc(C(=O)O)nc2nc(C(N)=O)n(Cc3ccc(C(F)(F)F)cc3)c12)C1CCC1. The van der Waals surface area contributed by atoms with Crippen LogP contribution in [0.1, 0.15) is 58.6 Å². The van der Waals surface area contributed by atoms with Gasteiger partial charge in [-0.2, -0.15) is 13.2 Å². The number of nitrogens with two attached hydrogens (primary N) is 1. The van der Waals surface area contributed by atoms with E-state index >= 15 is 0 Å². The second-order valence-electron chi connectivity index (χ2n) is 8.08. The van der Waals surface area contributed by atoms with Crippen molar-refractivity contribution >= 4 is 28.9 Å². The van der Waals surface area contributed by atoms with Gasteiger partial charge in [-0.1, -0.05) is 18.6 Å². The van der Waals surface area contributed by atoms with Gasteiger partial charge in [0.2, 0.25) is 11.6 Å². The maximum atomic E-state index is 12.9. The van der Waals surface area contributed by atoms with Crippen LogP contribution in [0.25, 0.3) is 11.2 Å². The number of rotatable bonds is 7. The first-order chi connectivity index (χ1) is 15.5. The minimum Gasteiger partial charge on any atom is -0.475 e. The number of nitrogens with one attached hydrogen (secondary N) is 1. The van der Waals surface area contributed by atoms with E-state index in [1.807, 2.05) is 6.92 Å². The van der Waals surface area contributed by atoms with Crippen LogP contribution in [-0.2, 0) is 12.7 Å². The van der Waals surface area contributed by atoms with Gasteiger partial charge in [-0.25, -0.2) is 19.7 Å². The van der Waals surface area contributed by atoms with Gasteiger partial charge in [0.25, 0.3) is 5.91 Å². The molecule has 2 heterocycles. The number of aromatic nitrogens is 4. The highest BCUT2D eigenvalue weighted by Crippen LogP contribution is 2.33. The van der Waals surface area contributed by atoms with E-state index in [-0.39, 0.29) is 35.4 Å². The number of imidazole rings is 1. The van der Waals surface area contributed by atoms with E-state index in [0.717, 1.165) is 31.4 Å². The number of alkyl halides is 3. The predicted molar refractivity (Wildman–Crippen MR) is 112 cm³/mol. The summed E-state index contributed by atoms with van der Waals surface area (Å²) in [4.78, 5) is 35.8. The average molecular weight is 462 g/mol. The first-order valence-electron chi connectivity index (χ1n) is 10.3. The molecule has 0 spiro atoms. The molecule has 0 aliphatic heterocycles. The molecule has 0 saturated heterocycles. The fourth-order valence-electron chi connectivity index (χ4n) is 3.83. The molecule has 0 radical (unpaired) electrons. The van der Waals surface area contributed by atoms with Gasteiger partial charge >= 0.3 is 12.1 Å². The fraction of sp³-hybridized carbons (Fsp3) is 0.381. The Balaban J connectivity index is 1.82. The molecule has 1 saturated carbocycles. The molecule has 12 heteroatoms. The van der Waals surface area contributed by atoms with Crippen molar-refractivity contribution in [2.45, 2.75) is 44.9 Å². The molecule has 1 aliphatic carbocycles. The van der Waals surface area contributed by atoms with Gasteiger partial charge in [0, 0.05) is 6.04 Å². The van der Waals surface area contributed by atoms with Crippen molar-refractivity contribution in [1.82, 2.24) is 19.5 Å². The summed E-state index contributed by atoms with van der Waals surface area (Å²) in [5.74, 6) is -2.42. The summed E-state index contributed by atoms with van der Waals surface area (Å²) >= 11 is 0. The Morgan fingerprint density at radius 1 is 1.21 bits per heavy atom. The molecule has 2 aromatic heterocycles. The summed E-state index contributed by atoms with van der Waals surface area (Å²) in [6.45, 7) is 1.90. The summed E-state index contributed by atoms with van der Waals surface area (Å²) in [5, 5.41) is 12.6. The molecule has 1 amide bonds. The highest BCUT2D eigenvalue weighted by molar-refractivity contribution is 5.97. The van der Waals surface area contributed by atoms with E-state index < -0.39 is 29.4 Å². The van der Waals surface area contributed by atoms with Gasteiger partial charge in [-0.3, -0.25) is 4.79 Å². The largest absolute Gasteiger partial charge is 0.475 e. The Labute approximate surface area is 185 Å². The van der Waals surface area contributed by atoms with E-state index in [1.165, 1.54) is 16.7 Å². The highest BCUT2D eigenvalue weighted by Gasteiger charge is 2.30. The standard InChI is InChI=1S/C21H21F3N6O3/c1-10(12-3-2-4-12)26-16-14-17(28-18(27-16)20(32)33)29-19(15(25)31)30(14)9-11-5-7-13(8-6-11)21(22,23)24/h5-8,10,12H,2-4,9H2,1H3,(H2,25,31)(H,32,33)(H,26,27,28)/t10-/m1/s1. The zero-order valence-electron chi connectivity index (χ0n) is 17.6. The molecule has 33 heavy (non-hydrogen) atoms. The van der Waals surface area contributed by atoms with E-state index in [9.17, 15) is 27.9 Å². The molecule has 3 aromatic rings. The number of amides is 1. The number of carboxylic acids is 1. The molecule has 9 nitrogen and oxygen atoms in total. The number of nitrogens with zero attached hydrogens (tertiary/aromatic N) is 4. The number of benzene rings is 1. The molecule has 4 N–H and O–H groups in total. The molecule has 0 unspecified atom stereocenters. The van der Waals surface area contributed by atoms with Crippen molar-refractivity contribution in [2.75, 3.05) is 5.32 Å². The van der Waals surface area contributed by atoms with E-state index in [2.05, 4.69) is 20.3 Å². The van der Waals surface area contributed by atoms with Gasteiger partial charge in [-0.15, -0.1) is 0 Å². The first-order valence-corrected chi connectivity index (χ1v) is 10.3. The molecule has 1 aromatic carbocycles. The third-order valence-corrected chi connectivity index (χ3v) is 5.86. The first kappa shape index (κ1) is 22.5. The zero-order chi connectivity index (χ0) is 23.9. The maximum absolute atomic E-state index is 12.9. The molecular formula is C21H21F3N6O3. The Hall–Kier alpha value is -3.70. The van der Waals surface area contributed by atoms with Crippen molar-refractivity contribution in [3.05, 3.63) is 47.0 Å². The number of fused-ring (bicyclic) bond motifs is 1. The minimum atomic E-state index is -4.48. The van der Waals surface area contributed by atoms with Gasteiger partial charge < -0.3 is 20.7 Å². The van der Waals surface area contributed by atoms with Crippen LogP contribution in [0, 0.1) is 5.92 Å². The van der Waals surface area contributed by atoms with E-state index in [1.54, 1.807) is 0 Å². The summed E-state index contributed by atoms with van der Waals surface area (Å²) < 4.78 is 40.1. The number of carboxylic acid groups (broad SMARTS) is 1. The number of hydrogen-bond donors (Lipinski definition) is 3. The molecule has 1 aliphatic rings. The number of carbonyl (C=O) groups is 2. The topological polar surface area (TPSA) is 136 Å². The average Bonchev–Trinajstić information content (AvgIpc) is 3.05. The lowest BCUT2D eigenvalue weighted by atomic mass is 9.80. The van der Waals surface area contributed by atoms with E-state index in [4.69, 9.17) is 5.73 Å². The van der Waals surface area contributed by atoms with Crippen molar-refractivity contribution in [3.8, 4) is 0 Å². The second-order valence-corrected chi connectivity index (χ2v) is 8.08. The molecule has 4 rings (SSSR count). The number of hydrogen-bond acceptors (Lipinski definition) is 6. The zero-order valence-corrected chi connectivity index (χ0v) is 17.6. The molecular weight excluding hydrogens is 441 g/mol. The van der Waals surface area contributed by atoms with Crippen molar-refractivity contribution in [3.63, 3.8) is 0 Å². The van der Waals surface area contributed by atoms with E-state index in [0.29, 0.717) is 11.5 Å².